The van der Waals surface area contributed by atoms with Gasteiger partial charge in [0.25, 0.3) is 5.91 Å². The highest BCUT2D eigenvalue weighted by Gasteiger charge is 2.31. The van der Waals surface area contributed by atoms with E-state index < -0.39 is 0 Å². The summed E-state index contributed by atoms with van der Waals surface area (Å²) in [6.07, 6.45) is 2.55. The highest BCUT2D eigenvalue weighted by atomic mass is 35.5. The average molecular weight is 381 g/mol. The Morgan fingerprint density at radius 2 is 1.88 bits per heavy atom. The van der Waals surface area contributed by atoms with Crippen molar-refractivity contribution < 1.29 is 19.1 Å². The Balaban J connectivity index is 1.34. The van der Waals surface area contributed by atoms with Crippen LogP contribution in [0.25, 0.3) is 0 Å². The van der Waals surface area contributed by atoms with Crippen molar-refractivity contribution in [1.82, 2.24) is 9.80 Å². The molecule has 2 heterocycles. The van der Waals surface area contributed by atoms with Crippen molar-refractivity contribution in [2.75, 3.05) is 39.4 Å². The number of nitrogens with zero attached hydrogens (tertiary/aromatic N) is 2. The summed E-state index contributed by atoms with van der Waals surface area (Å²) in [7, 11) is 0. The summed E-state index contributed by atoms with van der Waals surface area (Å²) in [5.74, 6) is 0.822. The molecular weight excluding hydrogens is 356 g/mol. The quantitative estimate of drug-likeness (QED) is 0.711. The van der Waals surface area contributed by atoms with Crippen molar-refractivity contribution in [2.45, 2.75) is 31.8 Å². The van der Waals surface area contributed by atoms with Gasteiger partial charge in [-0.25, -0.2) is 0 Å². The number of piperazine rings is 1. The molecule has 0 aromatic heterocycles. The lowest BCUT2D eigenvalue weighted by atomic mass is 10.2. The zero-order chi connectivity index (χ0) is 18.4. The lowest BCUT2D eigenvalue weighted by Gasteiger charge is -2.35. The first kappa shape index (κ1) is 19.0. The fourth-order valence-electron chi connectivity index (χ4n) is 3.28. The fourth-order valence-corrected chi connectivity index (χ4v) is 3.47. The Kier molecular flexibility index (Phi) is 6.74. The van der Waals surface area contributed by atoms with Crippen LogP contribution in [0.2, 0.25) is 5.02 Å². The monoisotopic (exact) mass is 380 g/mol. The van der Waals surface area contributed by atoms with Crippen LogP contribution in [0, 0.1) is 0 Å². The molecule has 2 aliphatic rings. The van der Waals surface area contributed by atoms with Gasteiger partial charge in [-0.05, 0) is 31.4 Å². The molecule has 2 saturated heterocycles. The van der Waals surface area contributed by atoms with E-state index in [1.165, 1.54) is 0 Å². The predicted molar refractivity (Wildman–Crippen MR) is 98.3 cm³/mol. The van der Waals surface area contributed by atoms with E-state index in [0.717, 1.165) is 12.8 Å². The Morgan fingerprint density at radius 1 is 1.15 bits per heavy atom. The highest BCUT2D eigenvalue weighted by molar-refractivity contribution is 6.32. The number of hydrogen-bond acceptors (Lipinski definition) is 4. The van der Waals surface area contributed by atoms with Gasteiger partial charge in [0.1, 0.15) is 11.9 Å². The molecule has 1 unspecified atom stereocenters. The van der Waals surface area contributed by atoms with E-state index in [1.54, 1.807) is 6.07 Å². The second-order valence-electron chi connectivity index (χ2n) is 6.59. The molecule has 0 bridgehead atoms. The number of ether oxygens (including phenoxy) is 2. The van der Waals surface area contributed by atoms with Crippen molar-refractivity contribution in [2.24, 2.45) is 0 Å². The molecule has 0 radical (unpaired) electrons. The molecule has 1 aromatic rings. The van der Waals surface area contributed by atoms with Crippen molar-refractivity contribution in [3.05, 3.63) is 29.3 Å². The molecule has 2 aliphatic heterocycles. The zero-order valence-electron chi connectivity index (χ0n) is 14.9. The Hall–Kier alpha value is -1.79. The Morgan fingerprint density at radius 3 is 2.58 bits per heavy atom. The maximum atomic E-state index is 12.3. The smallest absolute Gasteiger partial charge is 0.251 e. The minimum Gasteiger partial charge on any atom is -0.492 e. The number of benzene rings is 1. The molecule has 142 valence electrons. The van der Waals surface area contributed by atoms with E-state index in [0.29, 0.717) is 63.0 Å². The molecule has 7 heteroatoms. The summed E-state index contributed by atoms with van der Waals surface area (Å²) in [5.41, 5.74) is 0. The van der Waals surface area contributed by atoms with E-state index in [9.17, 15) is 9.59 Å². The van der Waals surface area contributed by atoms with Gasteiger partial charge >= 0.3 is 0 Å². The van der Waals surface area contributed by atoms with Gasteiger partial charge in [-0.15, -0.1) is 0 Å². The molecule has 1 aromatic carbocycles. The minimum atomic E-state index is -0.279. The van der Waals surface area contributed by atoms with E-state index in [1.807, 2.05) is 28.0 Å². The maximum absolute atomic E-state index is 12.3. The first-order valence-electron chi connectivity index (χ1n) is 9.20. The van der Waals surface area contributed by atoms with Crippen LogP contribution in [0.4, 0.5) is 0 Å². The summed E-state index contributed by atoms with van der Waals surface area (Å²) in [4.78, 5) is 28.3. The van der Waals surface area contributed by atoms with Gasteiger partial charge in [-0.2, -0.15) is 0 Å². The third-order valence-corrected chi connectivity index (χ3v) is 5.09. The molecular formula is C19H25ClN2O4. The number of rotatable bonds is 6. The van der Waals surface area contributed by atoms with Crippen LogP contribution < -0.4 is 4.74 Å². The average Bonchev–Trinajstić information content (AvgIpc) is 3.20. The molecule has 2 amide bonds. The largest absolute Gasteiger partial charge is 0.492 e. The number of halogens is 1. The molecule has 2 fully saturated rings. The van der Waals surface area contributed by atoms with Crippen LogP contribution in [0.3, 0.4) is 0 Å². The molecule has 0 spiro atoms. The number of hydrogen-bond donors (Lipinski definition) is 0. The lowest BCUT2D eigenvalue weighted by molar-refractivity contribution is -0.146. The second-order valence-corrected chi connectivity index (χ2v) is 7.00. The van der Waals surface area contributed by atoms with Crippen LogP contribution in [-0.4, -0.2) is 67.1 Å². The van der Waals surface area contributed by atoms with Crippen molar-refractivity contribution in [3.8, 4) is 5.75 Å². The summed E-state index contributed by atoms with van der Waals surface area (Å²) in [5, 5.41) is 0.575. The molecule has 0 N–H and O–H groups in total. The van der Waals surface area contributed by atoms with Crippen molar-refractivity contribution in [1.29, 1.82) is 0 Å². The summed E-state index contributed by atoms with van der Waals surface area (Å²) < 4.78 is 11.1. The first-order chi connectivity index (χ1) is 12.6. The van der Waals surface area contributed by atoms with Gasteiger partial charge in [0.2, 0.25) is 5.91 Å². The van der Waals surface area contributed by atoms with Crippen LogP contribution in [0.15, 0.2) is 24.3 Å². The van der Waals surface area contributed by atoms with Crippen LogP contribution in [0.1, 0.15) is 25.7 Å². The molecule has 1 atom stereocenters. The third kappa shape index (κ3) is 4.89. The third-order valence-electron chi connectivity index (χ3n) is 4.78. The first-order valence-corrected chi connectivity index (χ1v) is 9.58. The van der Waals surface area contributed by atoms with Gasteiger partial charge in [0.15, 0.2) is 0 Å². The Labute approximate surface area is 159 Å². The van der Waals surface area contributed by atoms with E-state index >= 15 is 0 Å². The molecule has 0 aliphatic carbocycles. The van der Waals surface area contributed by atoms with Crippen molar-refractivity contribution >= 4 is 23.4 Å². The van der Waals surface area contributed by atoms with Gasteiger partial charge in [-0.1, -0.05) is 23.7 Å². The van der Waals surface area contributed by atoms with Gasteiger partial charge in [0.05, 0.1) is 11.6 Å². The normalized spacial score (nSPS) is 20.3. The van der Waals surface area contributed by atoms with Gasteiger partial charge < -0.3 is 19.3 Å². The minimum absolute atomic E-state index is 0.0720. The summed E-state index contributed by atoms with van der Waals surface area (Å²) >= 11 is 6.03. The summed E-state index contributed by atoms with van der Waals surface area (Å²) in [6, 6.07) is 7.31. The van der Waals surface area contributed by atoms with Crippen LogP contribution >= 0.6 is 11.6 Å². The maximum Gasteiger partial charge on any atom is 0.251 e. The van der Waals surface area contributed by atoms with Gasteiger partial charge in [-0.3, -0.25) is 9.59 Å². The van der Waals surface area contributed by atoms with Gasteiger partial charge in [0, 0.05) is 39.2 Å². The van der Waals surface area contributed by atoms with E-state index in [-0.39, 0.29) is 17.9 Å². The molecule has 26 heavy (non-hydrogen) atoms. The van der Waals surface area contributed by atoms with Crippen LogP contribution in [0.5, 0.6) is 5.75 Å². The van der Waals surface area contributed by atoms with E-state index in [4.69, 9.17) is 21.1 Å². The van der Waals surface area contributed by atoms with Crippen molar-refractivity contribution in [3.63, 3.8) is 0 Å². The number of para-hydroxylation sites is 1. The van der Waals surface area contributed by atoms with E-state index in [2.05, 4.69) is 0 Å². The predicted octanol–water partition coefficient (Wildman–Crippen LogP) is 2.35. The molecule has 0 saturated carbocycles. The number of carbonyl (C=O) groups excluding carboxylic acids is 2. The topological polar surface area (TPSA) is 59.1 Å². The SMILES string of the molecule is O=C(CCCOc1ccccc1Cl)N1CCN(C(=O)C2CCCO2)CC1. The molecule has 3 rings (SSSR count). The fraction of sp³-hybridized carbons (Fsp3) is 0.579. The summed E-state index contributed by atoms with van der Waals surface area (Å²) in [6.45, 7) is 3.46. The Bertz CT molecular complexity index is 626. The second kappa shape index (κ2) is 9.24. The zero-order valence-corrected chi connectivity index (χ0v) is 15.6. The van der Waals surface area contributed by atoms with Crippen LogP contribution in [-0.2, 0) is 14.3 Å². The lowest BCUT2D eigenvalue weighted by Crippen LogP contribution is -2.52. The standard InChI is InChI=1S/C19H25ClN2O4/c20-15-5-1-2-6-16(15)25-14-4-8-18(23)21-9-11-22(12-10-21)19(24)17-7-3-13-26-17/h1-2,5-6,17H,3-4,7-14H2. The molecule has 6 nitrogen and oxygen atoms in total. The highest BCUT2D eigenvalue weighted by Crippen LogP contribution is 2.23. The number of amides is 2. The number of carbonyl (C=O) groups is 2.